The Bertz CT molecular complexity index is 614. The summed E-state index contributed by atoms with van der Waals surface area (Å²) in [6.07, 6.45) is 1.63. The van der Waals surface area contributed by atoms with Crippen LogP contribution in [-0.2, 0) is 0 Å². The molecular weight excluding hydrogens is 342 g/mol. The van der Waals surface area contributed by atoms with Crippen molar-refractivity contribution in [3.63, 3.8) is 0 Å². The molecule has 0 fully saturated rings. The minimum atomic E-state index is -0.164. The summed E-state index contributed by atoms with van der Waals surface area (Å²) in [5.74, 6) is -0.164. The van der Waals surface area contributed by atoms with Gasteiger partial charge < -0.3 is 10.2 Å². The first-order chi connectivity index (χ1) is 10.5. The van der Waals surface area contributed by atoms with Crippen LogP contribution < -0.4 is 5.32 Å². The molecule has 0 saturated carbocycles. The maximum absolute atomic E-state index is 12.3. The van der Waals surface area contributed by atoms with Crippen molar-refractivity contribution >= 4 is 21.8 Å². The number of hydrogen-bond acceptors (Lipinski definition) is 3. The summed E-state index contributed by atoms with van der Waals surface area (Å²) in [5.41, 5.74) is 1.59. The third-order valence-electron chi connectivity index (χ3n) is 3.49. The van der Waals surface area contributed by atoms with E-state index in [1.165, 1.54) is 5.56 Å². The standard InChI is InChI=1S/C17H20BrN3O/c1-12(16(21(2)3)13-7-5-4-6-8-13)20-17(22)15-10-9-14(18)11-19-15/h4-12,16H,1-3H3,(H,20,22). The van der Waals surface area contributed by atoms with Crippen LogP contribution in [0.25, 0.3) is 0 Å². The Kier molecular flexibility index (Phi) is 5.69. The molecule has 2 rings (SSSR count). The Morgan fingerprint density at radius 3 is 2.41 bits per heavy atom. The van der Waals surface area contributed by atoms with Gasteiger partial charge in [-0.2, -0.15) is 0 Å². The van der Waals surface area contributed by atoms with E-state index in [-0.39, 0.29) is 18.0 Å². The molecule has 0 radical (unpaired) electrons. The highest BCUT2D eigenvalue weighted by molar-refractivity contribution is 9.10. The molecule has 0 aliphatic heterocycles. The fraction of sp³-hybridized carbons (Fsp3) is 0.294. The predicted octanol–water partition coefficient (Wildman–Crippen LogP) is 3.27. The molecule has 4 nitrogen and oxygen atoms in total. The molecule has 0 bridgehead atoms. The fourth-order valence-electron chi connectivity index (χ4n) is 2.55. The van der Waals surface area contributed by atoms with Gasteiger partial charge >= 0.3 is 0 Å². The van der Waals surface area contributed by atoms with E-state index < -0.39 is 0 Å². The summed E-state index contributed by atoms with van der Waals surface area (Å²) in [6.45, 7) is 2.01. The van der Waals surface area contributed by atoms with Crippen molar-refractivity contribution in [2.75, 3.05) is 14.1 Å². The zero-order chi connectivity index (χ0) is 16.1. The van der Waals surface area contributed by atoms with E-state index >= 15 is 0 Å². The van der Waals surface area contributed by atoms with Gasteiger partial charge in [0.2, 0.25) is 0 Å². The fourth-order valence-corrected chi connectivity index (χ4v) is 2.79. The lowest BCUT2D eigenvalue weighted by Crippen LogP contribution is -2.42. The van der Waals surface area contributed by atoms with Gasteiger partial charge in [0.05, 0.1) is 6.04 Å². The lowest BCUT2D eigenvalue weighted by Gasteiger charge is -2.31. The predicted molar refractivity (Wildman–Crippen MR) is 91.7 cm³/mol. The highest BCUT2D eigenvalue weighted by atomic mass is 79.9. The monoisotopic (exact) mass is 361 g/mol. The summed E-state index contributed by atoms with van der Waals surface area (Å²) < 4.78 is 0.854. The number of aromatic nitrogens is 1. The van der Waals surface area contributed by atoms with E-state index in [0.29, 0.717) is 5.69 Å². The van der Waals surface area contributed by atoms with E-state index in [4.69, 9.17) is 0 Å². The Morgan fingerprint density at radius 1 is 1.18 bits per heavy atom. The van der Waals surface area contributed by atoms with E-state index in [0.717, 1.165) is 4.47 Å². The summed E-state index contributed by atoms with van der Waals surface area (Å²) >= 11 is 3.32. The Hall–Kier alpha value is -1.72. The lowest BCUT2D eigenvalue weighted by molar-refractivity contribution is 0.0910. The second-order valence-corrected chi connectivity index (χ2v) is 6.36. The van der Waals surface area contributed by atoms with E-state index in [2.05, 4.69) is 43.3 Å². The largest absolute Gasteiger partial charge is 0.346 e. The average Bonchev–Trinajstić information content (AvgIpc) is 2.48. The first-order valence-corrected chi connectivity index (χ1v) is 7.92. The minimum absolute atomic E-state index is 0.0460. The van der Waals surface area contributed by atoms with Crippen molar-refractivity contribution in [1.29, 1.82) is 0 Å². The molecule has 0 aliphatic carbocycles. The van der Waals surface area contributed by atoms with Crippen LogP contribution in [0.1, 0.15) is 29.0 Å². The molecule has 2 unspecified atom stereocenters. The van der Waals surface area contributed by atoms with Crippen molar-refractivity contribution in [3.05, 3.63) is 64.4 Å². The van der Waals surface area contributed by atoms with Crippen LogP contribution in [-0.4, -0.2) is 35.9 Å². The van der Waals surface area contributed by atoms with Crippen LogP contribution in [0.2, 0.25) is 0 Å². The third-order valence-corrected chi connectivity index (χ3v) is 3.96. The minimum Gasteiger partial charge on any atom is -0.346 e. The summed E-state index contributed by atoms with van der Waals surface area (Å²) in [4.78, 5) is 18.6. The van der Waals surface area contributed by atoms with Crippen molar-refractivity contribution < 1.29 is 4.79 Å². The van der Waals surface area contributed by atoms with Gasteiger partial charge in [-0.1, -0.05) is 30.3 Å². The van der Waals surface area contributed by atoms with Gasteiger partial charge in [0.25, 0.3) is 5.91 Å². The number of benzene rings is 1. The SMILES string of the molecule is CC(NC(=O)c1ccc(Br)cn1)C(c1ccccc1)N(C)C. The highest BCUT2D eigenvalue weighted by Gasteiger charge is 2.23. The molecule has 5 heteroatoms. The van der Waals surface area contributed by atoms with Gasteiger partial charge in [0.1, 0.15) is 5.69 Å². The topological polar surface area (TPSA) is 45.2 Å². The van der Waals surface area contributed by atoms with Crippen LogP contribution in [0.3, 0.4) is 0 Å². The van der Waals surface area contributed by atoms with Crippen LogP contribution >= 0.6 is 15.9 Å². The van der Waals surface area contributed by atoms with Crippen molar-refractivity contribution in [2.45, 2.75) is 19.0 Å². The molecule has 0 aliphatic rings. The second-order valence-electron chi connectivity index (χ2n) is 5.44. The Balaban J connectivity index is 2.13. The number of carbonyl (C=O) groups is 1. The van der Waals surface area contributed by atoms with E-state index in [1.807, 2.05) is 45.3 Å². The summed E-state index contributed by atoms with van der Waals surface area (Å²) in [7, 11) is 4.02. The van der Waals surface area contributed by atoms with Crippen molar-refractivity contribution in [3.8, 4) is 0 Å². The van der Waals surface area contributed by atoms with E-state index in [1.54, 1.807) is 12.3 Å². The number of nitrogens with zero attached hydrogens (tertiary/aromatic N) is 2. The maximum Gasteiger partial charge on any atom is 0.270 e. The summed E-state index contributed by atoms with van der Waals surface area (Å²) in [6, 6.07) is 13.7. The normalized spacial score (nSPS) is 13.7. The maximum atomic E-state index is 12.3. The van der Waals surface area contributed by atoms with Gasteiger partial charge in [-0.3, -0.25) is 4.79 Å². The lowest BCUT2D eigenvalue weighted by atomic mass is 9.99. The molecule has 1 aromatic heterocycles. The molecule has 1 amide bonds. The molecule has 22 heavy (non-hydrogen) atoms. The molecule has 0 saturated heterocycles. The van der Waals surface area contributed by atoms with Crippen molar-refractivity contribution in [1.82, 2.24) is 15.2 Å². The number of hydrogen-bond donors (Lipinski definition) is 1. The molecular formula is C17H20BrN3O. The highest BCUT2D eigenvalue weighted by Crippen LogP contribution is 2.22. The molecule has 1 aromatic carbocycles. The molecule has 1 heterocycles. The van der Waals surface area contributed by atoms with E-state index in [9.17, 15) is 4.79 Å². The van der Waals surface area contributed by atoms with Crippen LogP contribution in [0.15, 0.2) is 53.1 Å². The number of amides is 1. The third kappa shape index (κ3) is 4.15. The average molecular weight is 362 g/mol. The first kappa shape index (κ1) is 16.6. The Morgan fingerprint density at radius 2 is 1.86 bits per heavy atom. The molecule has 116 valence electrons. The number of nitrogens with one attached hydrogen (secondary N) is 1. The first-order valence-electron chi connectivity index (χ1n) is 7.13. The summed E-state index contributed by atoms with van der Waals surface area (Å²) in [5, 5.41) is 3.04. The van der Waals surface area contributed by atoms with Crippen molar-refractivity contribution in [2.24, 2.45) is 0 Å². The quantitative estimate of drug-likeness (QED) is 0.888. The van der Waals surface area contributed by atoms with Crippen LogP contribution in [0.5, 0.6) is 0 Å². The number of pyridine rings is 1. The number of likely N-dealkylation sites (N-methyl/N-ethyl adjacent to an activating group) is 1. The second kappa shape index (κ2) is 7.51. The van der Waals surface area contributed by atoms with Crippen LogP contribution in [0, 0.1) is 0 Å². The zero-order valence-electron chi connectivity index (χ0n) is 13.0. The Labute approximate surface area is 139 Å². The number of halogens is 1. The zero-order valence-corrected chi connectivity index (χ0v) is 14.5. The van der Waals surface area contributed by atoms with Gasteiger partial charge in [0, 0.05) is 16.7 Å². The molecule has 2 atom stereocenters. The molecule has 1 N–H and O–H groups in total. The molecule has 2 aromatic rings. The number of carbonyl (C=O) groups excluding carboxylic acids is 1. The van der Waals surface area contributed by atoms with Gasteiger partial charge in [-0.15, -0.1) is 0 Å². The van der Waals surface area contributed by atoms with Crippen LogP contribution in [0.4, 0.5) is 0 Å². The van der Waals surface area contributed by atoms with Gasteiger partial charge in [-0.25, -0.2) is 4.98 Å². The number of rotatable bonds is 5. The van der Waals surface area contributed by atoms with Gasteiger partial charge in [-0.05, 0) is 54.6 Å². The molecule has 0 spiro atoms. The smallest absolute Gasteiger partial charge is 0.270 e. The van der Waals surface area contributed by atoms with Gasteiger partial charge in [0.15, 0.2) is 0 Å².